The number of benzene rings is 2. The van der Waals surface area contributed by atoms with Gasteiger partial charge in [0, 0.05) is 25.3 Å². The van der Waals surface area contributed by atoms with Crippen LogP contribution in [0.1, 0.15) is 22.3 Å². The molecule has 1 unspecified atom stereocenters. The maximum atomic E-state index is 13.2. The van der Waals surface area contributed by atoms with Crippen molar-refractivity contribution in [3.05, 3.63) is 46.5 Å². The van der Waals surface area contributed by atoms with Crippen molar-refractivity contribution in [1.29, 1.82) is 0 Å². The van der Waals surface area contributed by atoms with Crippen LogP contribution >= 0.6 is 11.6 Å². The van der Waals surface area contributed by atoms with Gasteiger partial charge in [0.15, 0.2) is 17.3 Å². The van der Waals surface area contributed by atoms with Gasteiger partial charge in [-0.25, -0.2) is 0 Å². The number of halogens is 1. The lowest BCUT2D eigenvalue weighted by molar-refractivity contribution is -0.122. The number of ether oxygens (including phenoxy) is 3. The van der Waals surface area contributed by atoms with E-state index in [2.05, 4.69) is 5.32 Å². The monoisotopic (exact) mass is 471 g/mol. The molecule has 4 rings (SSSR count). The molecule has 174 valence electrons. The summed E-state index contributed by atoms with van der Waals surface area (Å²) in [4.78, 5) is 32.5. The van der Waals surface area contributed by atoms with Crippen LogP contribution < -0.4 is 19.5 Å². The van der Waals surface area contributed by atoms with Crippen molar-refractivity contribution in [3.63, 3.8) is 0 Å². The third-order valence-corrected chi connectivity index (χ3v) is 6.28. The van der Waals surface area contributed by atoms with Gasteiger partial charge < -0.3 is 19.5 Å². The number of likely N-dealkylation sites (tertiary alicyclic amines) is 1. The normalized spacial score (nSPS) is 17.5. The highest BCUT2D eigenvalue weighted by Crippen LogP contribution is 2.42. The molecular formula is C24H26ClN3O5. The number of piperidine rings is 1. The zero-order chi connectivity index (χ0) is 23.5. The zero-order valence-electron chi connectivity index (χ0n) is 18.8. The van der Waals surface area contributed by atoms with E-state index in [0.717, 1.165) is 11.3 Å². The molecule has 2 heterocycles. The summed E-state index contributed by atoms with van der Waals surface area (Å²) in [7, 11) is 4.69. The van der Waals surface area contributed by atoms with Crippen molar-refractivity contribution in [2.75, 3.05) is 41.0 Å². The highest BCUT2D eigenvalue weighted by atomic mass is 35.5. The molecule has 2 aromatic carbocycles. The van der Waals surface area contributed by atoms with E-state index in [1.54, 1.807) is 39.5 Å². The fourth-order valence-electron chi connectivity index (χ4n) is 4.24. The number of amides is 1. The van der Waals surface area contributed by atoms with E-state index in [1.807, 2.05) is 17.0 Å². The number of nitrogens with zero attached hydrogens (tertiary/aromatic N) is 2. The van der Waals surface area contributed by atoms with Crippen molar-refractivity contribution >= 4 is 34.7 Å². The lowest BCUT2D eigenvalue weighted by Crippen LogP contribution is -2.48. The second-order valence-electron chi connectivity index (χ2n) is 7.94. The number of carbonyl (C=O) groups excluding carboxylic acids is 2. The molecule has 0 radical (unpaired) electrons. The minimum atomic E-state index is -0.408. The van der Waals surface area contributed by atoms with E-state index in [0.29, 0.717) is 59.6 Å². The third kappa shape index (κ3) is 4.67. The summed E-state index contributed by atoms with van der Waals surface area (Å²) in [6, 6.07) is 8.88. The molecule has 0 spiro atoms. The Morgan fingerprint density at radius 1 is 1.12 bits per heavy atom. The average Bonchev–Trinajstić information content (AvgIpc) is 2.83. The second-order valence-corrected chi connectivity index (χ2v) is 8.35. The molecule has 0 aliphatic carbocycles. The SMILES string of the molecule is COc1ccc(CNC(=O)CN2CCC3=Nc4c(OC)ccc(Cl)c4C(=O)C3C2)cc1OC. The van der Waals surface area contributed by atoms with Crippen LogP contribution in [0.5, 0.6) is 17.2 Å². The number of fused-ring (bicyclic) bond motifs is 2. The van der Waals surface area contributed by atoms with Gasteiger partial charge in [-0.05, 0) is 36.2 Å². The first-order chi connectivity index (χ1) is 15.9. The highest BCUT2D eigenvalue weighted by molar-refractivity contribution is 6.36. The number of methoxy groups -OCH3 is 3. The Morgan fingerprint density at radius 2 is 1.85 bits per heavy atom. The molecule has 1 amide bonds. The summed E-state index contributed by atoms with van der Waals surface area (Å²) in [5, 5.41) is 3.29. The van der Waals surface area contributed by atoms with Gasteiger partial charge in [-0.3, -0.25) is 19.5 Å². The number of rotatable bonds is 7. The minimum Gasteiger partial charge on any atom is -0.494 e. The highest BCUT2D eigenvalue weighted by Gasteiger charge is 2.38. The summed E-state index contributed by atoms with van der Waals surface area (Å²) in [5.41, 5.74) is 2.61. The first-order valence-corrected chi connectivity index (χ1v) is 11.0. The third-order valence-electron chi connectivity index (χ3n) is 5.96. The van der Waals surface area contributed by atoms with Crippen LogP contribution in [0.15, 0.2) is 35.3 Å². The predicted molar refractivity (Wildman–Crippen MR) is 125 cm³/mol. The second kappa shape index (κ2) is 9.80. The topological polar surface area (TPSA) is 89.5 Å². The van der Waals surface area contributed by atoms with Crippen LogP contribution in [-0.4, -0.2) is 63.3 Å². The zero-order valence-corrected chi connectivity index (χ0v) is 19.6. The largest absolute Gasteiger partial charge is 0.494 e. The van der Waals surface area contributed by atoms with Crippen LogP contribution in [0.2, 0.25) is 5.02 Å². The molecule has 2 aliphatic heterocycles. The molecule has 1 N–H and O–H groups in total. The van der Waals surface area contributed by atoms with Crippen LogP contribution in [0, 0.1) is 5.92 Å². The molecule has 8 nitrogen and oxygen atoms in total. The number of hydrogen-bond acceptors (Lipinski definition) is 7. The maximum Gasteiger partial charge on any atom is 0.234 e. The Morgan fingerprint density at radius 3 is 2.58 bits per heavy atom. The Balaban J connectivity index is 1.39. The van der Waals surface area contributed by atoms with Crippen LogP contribution in [0.25, 0.3) is 0 Å². The van der Waals surface area contributed by atoms with E-state index in [-0.39, 0.29) is 18.2 Å². The molecule has 1 atom stereocenters. The molecule has 0 saturated carbocycles. The number of nitrogens with one attached hydrogen (secondary N) is 1. The average molecular weight is 472 g/mol. The molecule has 0 bridgehead atoms. The van der Waals surface area contributed by atoms with E-state index in [4.69, 9.17) is 30.8 Å². The fraction of sp³-hybridized carbons (Fsp3) is 0.375. The molecule has 9 heteroatoms. The predicted octanol–water partition coefficient (Wildman–Crippen LogP) is 3.27. The molecule has 2 aromatic rings. The Kier molecular flexibility index (Phi) is 6.85. The number of Topliss-reactive ketones (excluding diaryl/α,β-unsaturated/α-hetero) is 1. The van der Waals surface area contributed by atoms with Gasteiger partial charge >= 0.3 is 0 Å². The van der Waals surface area contributed by atoms with Gasteiger partial charge in [-0.2, -0.15) is 0 Å². The smallest absolute Gasteiger partial charge is 0.234 e. The number of carbonyl (C=O) groups is 2. The van der Waals surface area contributed by atoms with Gasteiger partial charge in [0.1, 0.15) is 11.4 Å². The maximum absolute atomic E-state index is 13.2. The molecule has 1 saturated heterocycles. The summed E-state index contributed by atoms with van der Waals surface area (Å²) in [6.45, 7) is 1.63. The van der Waals surface area contributed by atoms with Crippen LogP contribution in [0.3, 0.4) is 0 Å². The van der Waals surface area contributed by atoms with Crippen LogP contribution in [-0.2, 0) is 11.3 Å². The molecule has 0 aromatic heterocycles. The lowest BCUT2D eigenvalue weighted by Gasteiger charge is -2.35. The Bertz CT molecular complexity index is 1120. The first-order valence-electron chi connectivity index (χ1n) is 10.6. The molecule has 1 fully saturated rings. The first kappa shape index (κ1) is 23.1. The van der Waals surface area contributed by atoms with Crippen molar-refractivity contribution in [3.8, 4) is 17.2 Å². The molecular weight excluding hydrogens is 446 g/mol. The van der Waals surface area contributed by atoms with E-state index < -0.39 is 5.92 Å². The molecule has 33 heavy (non-hydrogen) atoms. The van der Waals surface area contributed by atoms with E-state index >= 15 is 0 Å². The van der Waals surface area contributed by atoms with E-state index in [9.17, 15) is 9.59 Å². The minimum absolute atomic E-state index is 0.0747. The Labute approximate surface area is 197 Å². The Hall–Kier alpha value is -3.10. The van der Waals surface area contributed by atoms with Crippen LogP contribution in [0.4, 0.5) is 5.69 Å². The lowest BCUT2D eigenvalue weighted by atomic mass is 9.84. The standard InChI is InChI=1S/C24H26ClN3O5/c1-31-18-6-4-14(10-20(18)33-3)11-26-21(29)13-28-9-8-17-15(12-28)24(30)22-16(25)5-7-19(32-2)23(22)27-17/h4-7,10,15H,8-9,11-13H2,1-3H3,(H,26,29). The summed E-state index contributed by atoms with van der Waals surface area (Å²) in [6.07, 6.45) is 0.606. The van der Waals surface area contributed by atoms with Gasteiger partial charge in [0.05, 0.1) is 44.4 Å². The number of hydrogen-bond donors (Lipinski definition) is 1. The van der Waals surface area contributed by atoms with Gasteiger partial charge in [0.25, 0.3) is 0 Å². The van der Waals surface area contributed by atoms with Crippen molar-refractivity contribution < 1.29 is 23.8 Å². The number of aliphatic imine (C=N–C) groups is 1. The van der Waals surface area contributed by atoms with Gasteiger partial charge in [-0.15, -0.1) is 0 Å². The van der Waals surface area contributed by atoms with Gasteiger partial charge in [-0.1, -0.05) is 17.7 Å². The fourth-order valence-corrected chi connectivity index (χ4v) is 4.48. The van der Waals surface area contributed by atoms with Crippen molar-refractivity contribution in [2.24, 2.45) is 10.9 Å². The summed E-state index contributed by atoms with van der Waals surface area (Å²) < 4.78 is 15.9. The van der Waals surface area contributed by atoms with E-state index in [1.165, 1.54) is 0 Å². The summed E-state index contributed by atoms with van der Waals surface area (Å²) in [5.74, 6) is 1.18. The van der Waals surface area contributed by atoms with Crippen molar-refractivity contribution in [1.82, 2.24) is 10.2 Å². The summed E-state index contributed by atoms with van der Waals surface area (Å²) >= 11 is 6.32. The number of ketones is 1. The molecule has 2 aliphatic rings. The van der Waals surface area contributed by atoms with Gasteiger partial charge in [0.2, 0.25) is 5.91 Å². The van der Waals surface area contributed by atoms with Crippen molar-refractivity contribution in [2.45, 2.75) is 13.0 Å². The quantitative estimate of drug-likeness (QED) is 0.666.